The minimum Gasteiger partial charge on any atom is -0.393 e. The van der Waals surface area contributed by atoms with Gasteiger partial charge in [-0.15, -0.1) is 0 Å². The van der Waals surface area contributed by atoms with Crippen LogP contribution in [0.1, 0.15) is 6.92 Å². The fraction of sp³-hybridized carbons (Fsp3) is 0.375. The molecule has 0 atom stereocenters. The number of aromatic nitrogens is 2. The van der Waals surface area contributed by atoms with Crippen molar-refractivity contribution in [1.82, 2.24) is 9.55 Å². The van der Waals surface area contributed by atoms with Crippen molar-refractivity contribution in [2.45, 2.75) is 6.92 Å². The standard InChI is InChI=1S/C8H12N4O2/c1-5(13)11(2)8-10-4-6(9)7(14)12(8)3/h4H,9H2,1-3H3. The highest BCUT2D eigenvalue weighted by atomic mass is 16.2. The van der Waals surface area contributed by atoms with E-state index in [9.17, 15) is 9.59 Å². The Balaban J connectivity index is 3.31. The van der Waals surface area contributed by atoms with Crippen LogP contribution in [0.3, 0.4) is 0 Å². The lowest BCUT2D eigenvalue weighted by Gasteiger charge is -2.16. The second-order valence-corrected chi connectivity index (χ2v) is 2.96. The summed E-state index contributed by atoms with van der Waals surface area (Å²) in [7, 11) is 3.06. The lowest BCUT2D eigenvalue weighted by molar-refractivity contribution is -0.116. The molecule has 1 rings (SSSR count). The van der Waals surface area contributed by atoms with Crippen LogP contribution in [0.4, 0.5) is 11.6 Å². The molecule has 0 bridgehead atoms. The molecule has 0 aliphatic heterocycles. The van der Waals surface area contributed by atoms with E-state index in [1.807, 2.05) is 0 Å². The van der Waals surface area contributed by atoms with Gasteiger partial charge in [-0.25, -0.2) is 4.98 Å². The van der Waals surface area contributed by atoms with Crippen molar-refractivity contribution < 1.29 is 4.79 Å². The Morgan fingerprint density at radius 1 is 1.64 bits per heavy atom. The van der Waals surface area contributed by atoms with Gasteiger partial charge in [0.1, 0.15) is 5.69 Å². The largest absolute Gasteiger partial charge is 0.393 e. The number of nitrogens with zero attached hydrogens (tertiary/aromatic N) is 3. The molecular formula is C8H12N4O2. The van der Waals surface area contributed by atoms with Crippen LogP contribution in [0, 0.1) is 0 Å². The first-order chi connectivity index (χ1) is 6.45. The number of hydrogen-bond donors (Lipinski definition) is 1. The van der Waals surface area contributed by atoms with E-state index in [1.165, 1.54) is 29.6 Å². The minimum atomic E-state index is -0.358. The normalized spacial score (nSPS) is 9.93. The van der Waals surface area contributed by atoms with Crippen LogP contribution in [-0.2, 0) is 11.8 Å². The first kappa shape index (κ1) is 10.2. The monoisotopic (exact) mass is 196 g/mol. The molecule has 0 spiro atoms. The van der Waals surface area contributed by atoms with E-state index in [2.05, 4.69) is 4.98 Å². The van der Waals surface area contributed by atoms with Crippen molar-refractivity contribution in [2.24, 2.45) is 7.05 Å². The van der Waals surface area contributed by atoms with Gasteiger partial charge in [-0.1, -0.05) is 0 Å². The average Bonchev–Trinajstić information content (AvgIpc) is 2.13. The Kier molecular flexibility index (Phi) is 2.55. The summed E-state index contributed by atoms with van der Waals surface area (Å²) in [4.78, 5) is 27.6. The highest BCUT2D eigenvalue weighted by molar-refractivity contribution is 5.88. The number of hydrogen-bond acceptors (Lipinski definition) is 4. The number of carbonyl (C=O) groups is 1. The van der Waals surface area contributed by atoms with Gasteiger partial charge >= 0.3 is 0 Å². The number of anilines is 2. The van der Waals surface area contributed by atoms with Crippen molar-refractivity contribution >= 4 is 17.5 Å². The fourth-order valence-electron chi connectivity index (χ4n) is 1.01. The number of nitrogens with two attached hydrogens (primary N) is 1. The first-order valence-corrected chi connectivity index (χ1v) is 4.01. The van der Waals surface area contributed by atoms with Gasteiger partial charge in [0.2, 0.25) is 11.9 Å². The number of rotatable bonds is 1. The van der Waals surface area contributed by atoms with Crippen LogP contribution in [0.5, 0.6) is 0 Å². The molecule has 6 nitrogen and oxygen atoms in total. The molecule has 0 radical (unpaired) electrons. The quantitative estimate of drug-likeness (QED) is 0.646. The maximum atomic E-state index is 11.4. The van der Waals surface area contributed by atoms with Crippen LogP contribution in [0.15, 0.2) is 11.0 Å². The Morgan fingerprint density at radius 3 is 2.71 bits per heavy atom. The summed E-state index contributed by atoms with van der Waals surface area (Å²) in [5.41, 5.74) is 5.07. The Morgan fingerprint density at radius 2 is 2.21 bits per heavy atom. The van der Waals surface area contributed by atoms with Crippen molar-refractivity contribution in [3.8, 4) is 0 Å². The van der Waals surface area contributed by atoms with Crippen LogP contribution in [0.2, 0.25) is 0 Å². The molecule has 0 aromatic carbocycles. The molecule has 1 aromatic heterocycles. The third-order valence-electron chi connectivity index (χ3n) is 1.94. The molecule has 0 fully saturated rings. The maximum absolute atomic E-state index is 11.4. The molecule has 0 unspecified atom stereocenters. The number of amides is 1. The first-order valence-electron chi connectivity index (χ1n) is 4.01. The third-order valence-corrected chi connectivity index (χ3v) is 1.94. The van der Waals surface area contributed by atoms with Crippen molar-refractivity contribution in [1.29, 1.82) is 0 Å². The van der Waals surface area contributed by atoms with Gasteiger partial charge in [-0.05, 0) is 0 Å². The van der Waals surface area contributed by atoms with E-state index < -0.39 is 0 Å². The Bertz CT molecular complexity index is 424. The maximum Gasteiger partial charge on any atom is 0.277 e. The van der Waals surface area contributed by atoms with Crippen molar-refractivity contribution in [2.75, 3.05) is 17.7 Å². The Labute approximate surface area is 81.0 Å². The van der Waals surface area contributed by atoms with E-state index in [1.54, 1.807) is 7.05 Å². The van der Waals surface area contributed by atoms with Crippen LogP contribution < -0.4 is 16.2 Å². The molecule has 0 saturated heterocycles. The van der Waals surface area contributed by atoms with Crippen LogP contribution >= 0.6 is 0 Å². The molecule has 0 aliphatic carbocycles. The lowest BCUT2D eigenvalue weighted by atomic mass is 10.5. The van der Waals surface area contributed by atoms with E-state index in [0.29, 0.717) is 0 Å². The van der Waals surface area contributed by atoms with Gasteiger partial charge < -0.3 is 5.73 Å². The molecule has 76 valence electrons. The predicted molar refractivity (Wildman–Crippen MR) is 53.0 cm³/mol. The molecule has 6 heteroatoms. The van der Waals surface area contributed by atoms with Crippen molar-refractivity contribution in [3.05, 3.63) is 16.6 Å². The molecule has 0 aliphatic rings. The molecule has 0 saturated carbocycles. The Hall–Kier alpha value is -1.85. The summed E-state index contributed by atoms with van der Waals surface area (Å²) in [6.07, 6.45) is 1.25. The van der Waals surface area contributed by atoms with Gasteiger partial charge in [0.05, 0.1) is 6.20 Å². The third kappa shape index (κ3) is 1.59. The molecule has 1 aromatic rings. The van der Waals surface area contributed by atoms with E-state index in [0.717, 1.165) is 0 Å². The van der Waals surface area contributed by atoms with Crippen LogP contribution in [-0.4, -0.2) is 22.5 Å². The molecular weight excluding hydrogens is 184 g/mol. The summed E-state index contributed by atoms with van der Waals surface area (Å²) >= 11 is 0. The average molecular weight is 196 g/mol. The van der Waals surface area contributed by atoms with Gasteiger partial charge in [0.25, 0.3) is 5.56 Å². The zero-order valence-electron chi connectivity index (χ0n) is 8.31. The number of nitrogen functional groups attached to an aromatic ring is 1. The van der Waals surface area contributed by atoms with Gasteiger partial charge in [0.15, 0.2) is 0 Å². The highest BCUT2D eigenvalue weighted by Gasteiger charge is 2.12. The fourth-order valence-corrected chi connectivity index (χ4v) is 1.01. The summed E-state index contributed by atoms with van der Waals surface area (Å²) in [5, 5.41) is 0. The summed E-state index contributed by atoms with van der Waals surface area (Å²) in [5.74, 6) is 0.0778. The molecule has 14 heavy (non-hydrogen) atoms. The lowest BCUT2D eigenvalue weighted by Crippen LogP contribution is -2.32. The number of carbonyl (C=O) groups excluding carboxylic acids is 1. The summed E-state index contributed by atoms with van der Waals surface area (Å²) < 4.78 is 1.23. The molecule has 1 amide bonds. The van der Waals surface area contributed by atoms with Crippen molar-refractivity contribution in [3.63, 3.8) is 0 Å². The van der Waals surface area contributed by atoms with Crippen LogP contribution in [0.25, 0.3) is 0 Å². The smallest absolute Gasteiger partial charge is 0.277 e. The second kappa shape index (κ2) is 3.49. The van der Waals surface area contributed by atoms with Gasteiger partial charge in [-0.3, -0.25) is 19.1 Å². The molecule has 1 heterocycles. The van der Waals surface area contributed by atoms with E-state index >= 15 is 0 Å². The summed E-state index contributed by atoms with van der Waals surface area (Å²) in [6, 6.07) is 0. The van der Waals surface area contributed by atoms with Gasteiger partial charge in [-0.2, -0.15) is 0 Å². The van der Waals surface area contributed by atoms with E-state index in [4.69, 9.17) is 5.73 Å². The zero-order valence-corrected chi connectivity index (χ0v) is 8.31. The zero-order chi connectivity index (χ0) is 10.9. The van der Waals surface area contributed by atoms with Gasteiger partial charge in [0, 0.05) is 21.0 Å². The summed E-state index contributed by atoms with van der Waals surface area (Å²) in [6.45, 7) is 1.39. The topological polar surface area (TPSA) is 81.2 Å². The molecule has 2 N–H and O–H groups in total. The highest BCUT2D eigenvalue weighted by Crippen LogP contribution is 2.05. The SMILES string of the molecule is CC(=O)N(C)c1ncc(N)c(=O)n1C. The van der Waals surface area contributed by atoms with E-state index in [-0.39, 0.29) is 23.1 Å². The minimum absolute atomic E-state index is 0.0632. The predicted octanol–water partition coefficient (Wildman–Crippen LogP) is -0.655. The second-order valence-electron chi connectivity index (χ2n) is 2.96.